The molecule has 0 heterocycles. The Kier molecular flexibility index (Phi) is 5.28. The van der Waals surface area contributed by atoms with Gasteiger partial charge in [-0.1, -0.05) is 13.0 Å². The van der Waals surface area contributed by atoms with Crippen molar-refractivity contribution in [3.63, 3.8) is 0 Å². The summed E-state index contributed by atoms with van der Waals surface area (Å²) in [5.41, 5.74) is 16.4. The van der Waals surface area contributed by atoms with E-state index < -0.39 is 34.9 Å². The Morgan fingerprint density at radius 3 is 2.10 bits per heavy atom. The maximum atomic E-state index is 12.6. The van der Waals surface area contributed by atoms with Gasteiger partial charge in [-0.25, -0.2) is 8.42 Å². The van der Waals surface area contributed by atoms with Crippen LogP contribution in [0.25, 0.3) is 0 Å². The molecule has 1 aromatic rings. The Morgan fingerprint density at radius 1 is 1.14 bits per heavy atom. The topological polar surface area (TPSA) is 150 Å². The van der Waals surface area contributed by atoms with E-state index in [1.165, 1.54) is 6.07 Å². The predicted octanol–water partition coefficient (Wildman–Crippen LogP) is -1.21. The van der Waals surface area contributed by atoms with E-state index in [1.54, 1.807) is 19.1 Å². The largest absolute Gasteiger partial charge is 0.399 e. The van der Waals surface area contributed by atoms with Gasteiger partial charge in [0.15, 0.2) is 0 Å². The number of nitrogens with two attached hydrogens (primary N) is 3. The molecule has 116 valence electrons. The summed E-state index contributed by atoms with van der Waals surface area (Å²) in [5, 5.41) is 0. The number of aryl methyl sites for hydroxylation is 1. The predicted molar refractivity (Wildman–Crippen MR) is 77.4 cm³/mol. The Bertz CT molecular complexity index is 641. The quantitative estimate of drug-likeness (QED) is 0.540. The van der Waals surface area contributed by atoms with Gasteiger partial charge in [-0.3, -0.25) is 9.59 Å². The van der Waals surface area contributed by atoms with E-state index in [1.807, 2.05) is 0 Å². The third-order valence-electron chi connectivity index (χ3n) is 2.75. The molecule has 0 saturated carbocycles. The average molecular weight is 314 g/mol. The third-order valence-corrected chi connectivity index (χ3v) is 4.63. The molecule has 9 heteroatoms. The summed E-state index contributed by atoms with van der Waals surface area (Å²) in [6, 6.07) is 4.43. The van der Waals surface area contributed by atoms with Crippen molar-refractivity contribution in [2.75, 3.05) is 18.8 Å². The number of hydrogen-bond donors (Lipinski definition) is 3. The van der Waals surface area contributed by atoms with Gasteiger partial charge < -0.3 is 17.2 Å². The number of nitrogen functional groups attached to an aromatic ring is 1. The van der Waals surface area contributed by atoms with Crippen molar-refractivity contribution in [2.45, 2.75) is 18.2 Å². The van der Waals surface area contributed by atoms with Gasteiger partial charge in [0.05, 0.1) is 18.0 Å². The zero-order valence-electron chi connectivity index (χ0n) is 11.6. The summed E-state index contributed by atoms with van der Waals surface area (Å²) in [4.78, 5) is 22.0. The van der Waals surface area contributed by atoms with E-state index in [4.69, 9.17) is 17.2 Å². The summed E-state index contributed by atoms with van der Waals surface area (Å²) >= 11 is 0. The van der Waals surface area contributed by atoms with Gasteiger partial charge in [-0.15, -0.1) is 0 Å². The van der Waals surface area contributed by atoms with Crippen LogP contribution in [-0.4, -0.2) is 37.6 Å². The first-order valence-corrected chi connectivity index (χ1v) is 7.57. The summed E-state index contributed by atoms with van der Waals surface area (Å²) in [5.74, 6) is -1.77. The minimum absolute atomic E-state index is 0.0625. The van der Waals surface area contributed by atoms with E-state index >= 15 is 0 Å². The van der Waals surface area contributed by atoms with Crippen LogP contribution in [0, 0.1) is 0 Å². The van der Waals surface area contributed by atoms with Crippen LogP contribution in [0.2, 0.25) is 0 Å². The molecule has 1 rings (SSSR count). The SMILES string of the molecule is CCc1ccc(N)cc1S(=O)(=O)N(CC(N)=O)CC(N)=O. The Hall–Kier alpha value is -2.13. The van der Waals surface area contributed by atoms with Gasteiger partial charge >= 0.3 is 0 Å². The first-order chi connectivity index (χ1) is 9.68. The highest BCUT2D eigenvalue weighted by Gasteiger charge is 2.29. The molecule has 0 fully saturated rings. The first kappa shape index (κ1) is 16.9. The van der Waals surface area contributed by atoms with Crippen molar-refractivity contribution in [3.8, 4) is 0 Å². The Balaban J connectivity index is 3.37. The van der Waals surface area contributed by atoms with Gasteiger partial charge in [0, 0.05) is 5.69 Å². The van der Waals surface area contributed by atoms with Crippen LogP contribution >= 0.6 is 0 Å². The number of sulfonamides is 1. The molecule has 2 amide bonds. The number of rotatable bonds is 7. The van der Waals surface area contributed by atoms with Crippen molar-refractivity contribution in [3.05, 3.63) is 23.8 Å². The molecule has 0 saturated heterocycles. The van der Waals surface area contributed by atoms with Crippen molar-refractivity contribution in [1.82, 2.24) is 4.31 Å². The van der Waals surface area contributed by atoms with Crippen LogP contribution in [-0.2, 0) is 26.0 Å². The highest BCUT2D eigenvalue weighted by atomic mass is 32.2. The molecule has 8 nitrogen and oxygen atoms in total. The lowest BCUT2D eigenvalue weighted by molar-refractivity contribution is -0.120. The van der Waals surface area contributed by atoms with Crippen molar-refractivity contribution >= 4 is 27.5 Å². The molecule has 0 spiro atoms. The standard InChI is InChI=1S/C12H18N4O4S/c1-2-8-3-4-9(13)5-10(8)21(19,20)16(6-11(14)17)7-12(15)18/h3-5H,2,6-7,13H2,1H3,(H2,14,17)(H2,15,18). The van der Waals surface area contributed by atoms with Gasteiger partial charge in [0.25, 0.3) is 0 Å². The van der Waals surface area contributed by atoms with Crippen LogP contribution in [0.1, 0.15) is 12.5 Å². The van der Waals surface area contributed by atoms with Gasteiger partial charge in [-0.05, 0) is 24.1 Å². The Morgan fingerprint density at radius 2 is 1.67 bits per heavy atom. The molecule has 0 radical (unpaired) electrons. The van der Waals surface area contributed by atoms with E-state index in [0.29, 0.717) is 16.3 Å². The molecule has 0 atom stereocenters. The maximum absolute atomic E-state index is 12.6. The lowest BCUT2D eigenvalue weighted by Gasteiger charge is -2.21. The minimum Gasteiger partial charge on any atom is -0.399 e. The van der Waals surface area contributed by atoms with Crippen molar-refractivity contribution in [1.29, 1.82) is 0 Å². The number of amides is 2. The molecule has 6 N–H and O–H groups in total. The van der Waals surface area contributed by atoms with E-state index in [9.17, 15) is 18.0 Å². The summed E-state index contributed by atoms with van der Waals surface area (Å²) in [6.45, 7) is 0.503. The lowest BCUT2D eigenvalue weighted by Crippen LogP contribution is -2.43. The highest BCUT2D eigenvalue weighted by molar-refractivity contribution is 7.89. The first-order valence-electron chi connectivity index (χ1n) is 6.13. The van der Waals surface area contributed by atoms with E-state index in [0.717, 1.165) is 0 Å². The molecule has 0 unspecified atom stereocenters. The second-order valence-electron chi connectivity index (χ2n) is 4.43. The molecule has 1 aromatic carbocycles. The van der Waals surface area contributed by atoms with Crippen LogP contribution < -0.4 is 17.2 Å². The van der Waals surface area contributed by atoms with Crippen molar-refractivity contribution in [2.24, 2.45) is 11.5 Å². The Labute approximate surface area is 122 Å². The fraction of sp³-hybridized carbons (Fsp3) is 0.333. The normalized spacial score (nSPS) is 11.5. The van der Waals surface area contributed by atoms with Gasteiger partial charge in [-0.2, -0.15) is 4.31 Å². The number of benzene rings is 1. The summed E-state index contributed by atoms with van der Waals surface area (Å²) in [7, 11) is -4.10. The molecule has 0 aliphatic rings. The zero-order chi connectivity index (χ0) is 16.2. The zero-order valence-corrected chi connectivity index (χ0v) is 12.4. The number of carbonyl (C=O) groups excluding carboxylic acids is 2. The molecular formula is C12H18N4O4S. The summed E-state index contributed by atoms with van der Waals surface area (Å²) < 4.78 is 25.8. The number of carbonyl (C=O) groups is 2. The van der Waals surface area contributed by atoms with Gasteiger partial charge in [0.1, 0.15) is 0 Å². The maximum Gasteiger partial charge on any atom is 0.244 e. The summed E-state index contributed by atoms with van der Waals surface area (Å²) in [6.07, 6.45) is 0.440. The third kappa shape index (κ3) is 4.17. The molecule has 0 bridgehead atoms. The molecule has 21 heavy (non-hydrogen) atoms. The van der Waals surface area contributed by atoms with Crippen LogP contribution in [0.3, 0.4) is 0 Å². The van der Waals surface area contributed by atoms with Crippen LogP contribution in [0.15, 0.2) is 23.1 Å². The monoisotopic (exact) mass is 314 g/mol. The average Bonchev–Trinajstić information content (AvgIpc) is 2.36. The highest BCUT2D eigenvalue weighted by Crippen LogP contribution is 2.23. The van der Waals surface area contributed by atoms with E-state index in [-0.39, 0.29) is 10.6 Å². The number of nitrogens with zero attached hydrogens (tertiary/aromatic N) is 1. The fourth-order valence-electron chi connectivity index (χ4n) is 1.82. The molecule has 0 aliphatic carbocycles. The molecule has 0 aliphatic heterocycles. The minimum atomic E-state index is -4.10. The van der Waals surface area contributed by atoms with Crippen LogP contribution in [0.4, 0.5) is 5.69 Å². The second-order valence-corrected chi connectivity index (χ2v) is 6.33. The number of anilines is 1. The molecule has 0 aromatic heterocycles. The number of primary amides is 2. The molecular weight excluding hydrogens is 296 g/mol. The van der Waals surface area contributed by atoms with E-state index in [2.05, 4.69) is 0 Å². The second kappa shape index (κ2) is 6.55. The van der Waals surface area contributed by atoms with Crippen LogP contribution in [0.5, 0.6) is 0 Å². The number of hydrogen-bond acceptors (Lipinski definition) is 5. The van der Waals surface area contributed by atoms with Crippen molar-refractivity contribution < 1.29 is 18.0 Å². The fourth-order valence-corrected chi connectivity index (χ4v) is 3.52. The van der Waals surface area contributed by atoms with Gasteiger partial charge in [0.2, 0.25) is 21.8 Å². The lowest BCUT2D eigenvalue weighted by atomic mass is 10.1. The smallest absolute Gasteiger partial charge is 0.244 e.